The molecule has 2 nitrogen and oxygen atoms in total. The van der Waals surface area contributed by atoms with Crippen molar-refractivity contribution in [3.8, 4) is 22.6 Å². The summed E-state index contributed by atoms with van der Waals surface area (Å²) in [6.45, 7) is 4.69. The van der Waals surface area contributed by atoms with Crippen LogP contribution >= 0.6 is 0 Å². The highest BCUT2D eigenvalue weighted by Gasteiger charge is 2.22. The molecule has 38 heavy (non-hydrogen) atoms. The molecule has 0 amide bonds. The molecular weight excluding hydrogens is 492 g/mol. The Morgan fingerprint density at radius 1 is 0.789 bits per heavy atom. The van der Waals surface area contributed by atoms with E-state index in [1.54, 1.807) is 49.4 Å². The molecule has 0 aromatic heterocycles. The molecule has 0 radical (unpaired) electrons. The molecule has 202 valence electrons. The number of hydrogen-bond acceptors (Lipinski definition) is 2. The maximum atomic E-state index is 15.0. The summed E-state index contributed by atoms with van der Waals surface area (Å²) in [5, 5.41) is 0. The molecule has 0 heterocycles. The zero-order valence-electron chi connectivity index (χ0n) is 22.0. The van der Waals surface area contributed by atoms with Crippen molar-refractivity contribution in [2.24, 2.45) is 5.92 Å². The highest BCUT2D eigenvalue weighted by Crippen LogP contribution is 2.36. The molecule has 1 unspecified atom stereocenters. The monoisotopic (exact) mass is 526 g/mol. The van der Waals surface area contributed by atoms with Crippen LogP contribution in [0.25, 0.3) is 16.7 Å². The van der Waals surface area contributed by atoms with Crippen LogP contribution in [0.5, 0.6) is 11.5 Å². The van der Waals surface area contributed by atoms with Crippen LogP contribution in [-0.4, -0.2) is 13.2 Å². The van der Waals surface area contributed by atoms with E-state index in [1.807, 2.05) is 6.08 Å². The van der Waals surface area contributed by atoms with Gasteiger partial charge in [-0.25, -0.2) is 13.2 Å². The second-order valence-electron chi connectivity index (χ2n) is 9.71. The third kappa shape index (κ3) is 6.40. The number of rotatable bonds is 11. The van der Waals surface area contributed by atoms with Crippen LogP contribution in [-0.2, 0) is 6.42 Å². The van der Waals surface area contributed by atoms with E-state index in [4.69, 9.17) is 9.47 Å². The maximum Gasteiger partial charge on any atom is 0.201 e. The molecule has 0 fully saturated rings. The van der Waals surface area contributed by atoms with Gasteiger partial charge in [0.05, 0.1) is 13.2 Å². The first-order chi connectivity index (χ1) is 18.4. The summed E-state index contributed by atoms with van der Waals surface area (Å²) in [6, 6.07) is 13.3. The Morgan fingerprint density at radius 3 is 2.21 bits per heavy atom. The fourth-order valence-corrected chi connectivity index (χ4v) is 4.87. The third-order valence-corrected chi connectivity index (χ3v) is 7.13. The fourth-order valence-electron chi connectivity index (χ4n) is 4.87. The predicted octanol–water partition coefficient (Wildman–Crippen LogP) is 9.30. The topological polar surface area (TPSA) is 18.5 Å². The molecule has 1 aliphatic rings. The van der Waals surface area contributed by atoms with E-state index in [0.717, 1.165) is 24.8 Å². The number of ether oxygens (including phenoxy) is 2. The summed E-state index contributed by atoms with van der Waals surface area (Å²) in [5.41, 5.74) is 2.19. The van der Waals surface area contributed by atoms with Crippen molar-refractivity contribution in [3.63, 3.8) is 0 Å². The van der Waals surface area contributed by atoms with Crippen molar-refractivity contribution in [1.82, 2.24) is 0 Å². The Balaban J connectivity index is 1.37. The lowest BCUT2D eigenvalue weighted by Crippen LogP contribution is -2.09. The Hall–Kier alpha value is -3.28. The summed E-state index contributed by atoms with van der Waals surface area (Å²) < 4.78 is 69.5. The fraction of sp³-hybridized carbons (Fsp3) is 0.375. The van der Waals surface area contributed by atoms with E-state index in [2.05, 4.69) is 6.92 Å². The van der Waals surface area contributed by atoms with Gasteiger partial charge in [-0.3, -0.25) is 0 Å². The summed E-state index contributed by atoms with van der Waals surface area (Å²) in [7, 11) is 0. The van der Waals surface area contributed by atoms with Crippen LogP contribution in [0.15, 0.2) is 54.6 Å². The number of benzene rings is 3. The second-order valence-corrected chi connectivity index (χ2v) is 9.71. The van der Waals surface area contributed by atoms with E-state index in [9.17, 15) is 17.6 Å². The van der Waals surface area contributed by atoms with Gasteiger partial charge in [0.1, 0.15) is 5.75 Å². The second kappa shape index (κ2) is 13.0. The predicted molar refractivity (Wildman–Crippen MR) is 143 cm³/mol. The van der Waals surface area contributed by atoms with Gasteiger partial charge in [0, 0.05) is 11.1 Å². The molecule has 6 heteroatoms. The Morgan fingerprint density at radius 2 is 1.53 bits per heavy atom. The number of halogens is 4. The van der Waals surface area contributed by atoms with Gasteiger partial charge in [-0.15, -0.1) is 0 Å². The van der Waals surface area contributed by atoms with Crippen molar-refractivity contribution in [2.75, 3.05) is 13.2 Å². The van der Waals surface area contributed by atoms with Crippen LogP contribution in [0.3, 0.4) is 0 Å². The Kier molecular flexibility index (Phi) is 9.48. The van der Waals surface area contributed by atoms with Gasteiger partial charge < -0.3 is 9.47 Å². The number of aryl methyl sites for hydroxylation is 1. The van der Waals surface area contributed by atoms with Crippen molar-refractivity contribution < 1.29 is 27.0 Å². The largest absolute Gasteiger partial charge is 0.494 e. The van der Waals surface area contributed by atoms with Crippen molar-refractivity contribution in [1.29, 1.82) is 0 Å². The van der Waals surface area contributed by atoms with Crippen LogP contribution in [0, 0.1) is 29.2 Å². The van der Waals surface area contributed by atoms with E-state index < -0.39 is 23.3 Å². The number of hydrogen-bond donors (Lipinski definition) is 0. The molecule has 0 N–H and O–H groups in total. The Labute approximate surface area is 222 Å². The summed E-state index contributed by atoms with van der Waals surface area (Å²) in [4.78, 5) is 0. The number of unbranched alkanes of at least 4 members (excludes halogenated alkanes) is 1. The summed E-state index contributed by atoms with van der Waals surface area (Å²) >= 11 is 0. The normalized spacial score (nSPS) is 15.3. The molecule has 4 rings (SSSR count). The minimum absolute atomic E-state index is 0.0863. The smallest absolute Gasteiger partial charge is 0.201 e. The number of allylic oxidation sites excluding steroid dienone is 2. The summed E-state index contributed by atoms with van der Waals surface area (Å²) in [5.74, 6) is -2.64. The van der Waals surface area contributed by atoms with Gasteiger partial charge in [-0.05, 0) is 92.3 Å². The van der Waals surface area contributed by atoms with Gasteiger partial charge in [0.2, 0.25) is 5.82 Å². The maximum absolute atomic E-state index is 15.0. The lowest BCUT2D eigenvalue weighted by Gasteiger charge is -2.23. The average Bonchev–Trinajstić information content (AvgIpc) is 2.93. The van der Waals surface area contributed by atoms with E-state index in [1.165, 1.54) is 6.07 Å². The SMILES string of the molecule is CCCCOc1ccc(-c2ccc(CCC3CC=C(c4ccc(OCC)c(F)c4F)CC3)c(F)c2F)cc1. The summed E-state index contributed by atoms with van der Waals surface area (Å²) in [6.07, 6.45) is 7.08. The molecule has 3 aromatic carbocycles. The van der Waals surface area contributed by atoms with Gasteiger partial charge in [0.25, 0.3) is 0 Å². The lowest BCUT2D eigenvalue weighted by molar-refractivity contribution is 0.309. The standard InChI is InChI=1S/C32H34F4O2/c1-3-5-20-38-25-15-12-23(13-16-25)26-17-14-24(29(33)30(26)34)11-8-21-6-9-22(10-7-21)27-18-19-28(37-4-2)32(36)31(27)35/h9,12-19,21H,3-8,10-11,20H2,1-2H3. The molecule has 0 saturated carbocycles. The van der Waals surface area contributed by atoms with Crippen molar-refractivity contribution in [2.45, 2.75) is 58.8 Å². The molecular formula is C32H34F4O2. The van der Waals surface area contributed by atoms with Crippen LogP contribution in [0.4, 0.5) is 17.6 Å². The Bertz CT molecular complexity index is 1270. The van der Waals surface area contributed by atoms with E-state index >= 15 is 0 Å². The highest BCUT2D eigenvalue weighted by atomic mass is 19.2. The van der Waals surface area contributed by atoms with Gasteiger partial charge in [0.15, 0.2) is 23.2 Å². The third-order valence-electron chi connectivity index (χ3n) is 7.13. The van der Waals surface area contributed by atoms with Crippen LogP contribution in [0.1, 0.15) is 63.5 Å². The van der Waals surface area contributed by atoms with Gasteiger partial charge in [-0.2, -0.15) is 4.39 Å². The zero-order chi connectivity index (χ0) is 27.1. The van der Waals surface area contributed by atoms with Crippen molar-refractivity contribution >= 4 is 5.57 Å². The van der Waals surface area contributed by atoms with Crippen LogP contribution in [0.2, 0.25) is 0 Å². The first-order valence-corrected chi connectivity index (χ1v) is 13.4. The van der Waals surface area contributed by atoms with Gasteiger partial charge >= 0.3 is 0 Å². The van der Waals surface area contributed by atoms with Crippen LogP contribution < -0.4 is 9.47 Å². The van der Waals surface area contributed by atoms with E-state index in [0.29, 0.717) is 49.2 Å². The molecule has 1 atom stereocenters. The van der Waals surface area contributed by atoms with E-state index in [-0.39, 0.29) is 29.4 Å². The minimum Gasteiger partial charge on any atom is -0.494 e. The molecule has 0 aliphatic heterocycles. The molecule has 0 saturated heterocycles. The molecule has 3 aromatic rings. The lowest BCUT2D eigenvalue weighted by atomic mass is 9.83. The van der Waals surface area contributed by atoms with Gasteiger partial charge in [-0.1, -0.05) is 43.7 Å². The minimum atomic E-state index is -0.968. The average molecular weight is 527 g/mol. The molecule has 0 bridgehead atoms. The quantitative estimate of drug-likeness (QED) is 0.183. The molecule has 0 spiro atoms. The zero-order valence-corrected chi connectivity index (χ0v) is 22.0. The highest BCUT2D eigenvalue weighted by molar-refractivity contribution is 5.68. The van der Waals surface area contributed by atoms with Crippen molar-refractivity contribution in [3.05, 3.63) is 89.0 Å². The first-order valence-electron chi connectivity index (χ1n) is 13.4. The molecule has 1 aliphatic carbocycles. The first kappa shape index (κ1) is 27.7.